The minimum absolute atomic E-state index is 0.136. The molecule has 6 heteroatoms. The van der Waals surface area contributed by atoms with Crippen LogP contribution in [0.2, 0.25) is 13.1 Å². The number of aliphatic carboxylic acids is 1. The zero-order valence-electron chi connectivity index (χ0n) is 11.0. The predicted octanol–water partition coefficient (Wildman–Crippen LogP) is 0.886. The van der Waals surface area contributed by atoms with Crippen LogP contribution in [0.5, 0.6) is 0 Å². The van der Waals surface area contributed by atoms with Gasteiger partial charge in [0.05, 0.1) is 0 Å². The van der Waals surface area contributed by atoms with Gasteiger partial charge in [-0.1, -0.05) is 13.2 Å². The number of pyridine rings is 1. The SMILES string of the molecule is CB(O)CCCC1Cc2ccncc2C1(N)C(=O)O. The van der Waals surface area contributed by atoms with Crippen molar-refractivity contribution in [2.45, 2.75) is 37.9 Å². The number of aromatic nitrogens is 1. The van der Waals surface area contributed by atoms with Crippen LogP contribution in [-0.2, 0) is 16.8 Å². The maximum absolute atomic E-state index is 11.6. The third kappa shape index (κ3) is 2.50. The van der Waals surface area contributed by atoms with Gasteiger partial charge in [-0.25, -0.2) is 4.79 Å². The predicted molar refractivity (Wildman–Crippen MR) is 72.8 cm³/mol. The van der Waals surface area contributed by atoms with Crippen LogP contribution in [0.25, 0.3) is 0 Å². The van der Waals surface area contributed by atoms with Crippen LogP contribution in [0.15, 0.2) is 18.5 Å². The first-order valence-electron chi connectivity index (χ1n) is 6.60. The molecule has 0 aliphatic heterocycles. The summed E-state index contributed by atoms with van der Waals surface area (Å²) in [5, 5.41) is 18.8. The lowest BCUT2D eigenvalue weighted by Crippen LogP contribution is -2.48. The van der Waals surface area contributed by atoms with Gasteiger partial charge in [-0.05, 0) is 36.7 Å². The van der Waals surface area contributed by atoms with Gasteiger partial charge >= 0.3 is 5.97 Å². The molecule has 2 unspecified atom stereocenters. The fraction of sp³-hybridized carbons (Fsp3) is 0.538. The zero-order valence-corrected chi connectivity index (χ0v) is 11.0. The number of fused-ring (bicyclic) bond motifs is 1. The van der Waals surface area contributed by atoms with Gasteiger partial charge < -0.3 is 15.9 Å². The molecule has 1 aromatic rings. The molecular weight excluding hydrogens is 243 g/mol. The topological polar surface area (TPSA) is 96.4 Å². The quantitative estimate of drug-likeness (QED) is 0.684. The molecule has 0 saturated carbocycles. The summed E-state index contributed by atoms with van der Waals surface area (Å²) in [6.45, 7) is 1.38. The van der Waals surface area contributed by atoms with Crippen molar-refractivity contribution in [3.8, 4) is 0 Å². The molecule has 0 aromatic carbocycles. The minimum Gasteiger partial charge on any atom is -0.480 e. The molecule has 5 nitrogen and oxygen atoms in total. The van der Waals surface area contributed by atoms with E-state index in [-0.39, 0.29) is 12.8 Å². The summed E-state index contributed by atoms with van der Waals surface area (Å²) in [6, 6.07) is 1.84. The second kappa shape index (κ2) is 5.31. The Morgan fingerprint density at radius 3 is 3.05 bits per heavy atom. The molecule has 0 spiro atoms. The van der Waals surface area contributed by atoms with Gasteiger partial charge in [0.1, 0.15) is 5.54 Å². The van der Waals surface area contributed by atoms with Crippen molar-refractivity contribution in [3.63, 3.8) is 0 Å². The van der Waals surface area contributed by atoms with E-state index in [0.717, 1.165) is 12.0 Å². The van der Waals surface area contributed by atoms with Gasteiger partial charge in [0, 0.05) is 18.0 Å². The number of carbonyl (C=O) groups is 1. The smallest absolute Gasteiger partial charge is 0.328 e. The zero-order chi connectivity index (χ0) is 14.0. The normalized spacial score (nSPS) is 25.1. The summed E-state index contributed by atoms with van der Waals surface area (Å²) in [6.07, 6.45) is 6.04. The van der Waals surface area contributed by atoms with Gasteiger partial charge in [0.15, 0.2) is 0 Å². The van der Waals surface area contributed by atoms with Crippen LogP contribution < -0.4 is 5.73 Å². The number of nitrogens with zero attached hydrogens (tertiary/aromatic N) is 1. The number of hydrogen-bond acceptors (Lipinski definition) is 4. The largest absolute Gasteiger partial charge is 0.480 e. The summed E-state index contributed by atoms with van der Waals surface area (Å²) in [5.41, 5.74) is 6.43. The molecule has 0 saturated heterocycles. The van der Waals surface area contributed by atoms with E-state index in [1.807, 2.05) is 6.07 Å². The van der Waals surface area contributed by atoms with Crippen LogP contribution in [0, 0.1) is 5.92 Å². The highest BCUT2D eigenvalue weighted by atomic mass is 16.4. The molecule has 0 bridgehead atoms. The van der Waals surface area contributed by atoms with E-state index in [9.17, 15) is 14.9 Å². The first kappa shape index (κ1) is 14.0. The summed E-state index contributed by atoms with van der Waals surface area (Å²) in [5.74, 6) is -1.13. The Labute approximate surface area is 113 Å². The third-order valence-electron chi connectivity index (χ3n) is 4.00. The third-order valence-corrected chi connectivity index (χ3v) is 4.00. The Kier molecular flexibility index (Phi) is 3.92. The van der Waals surface area contributed by atoms with Crippen molar-refractivity contribution in [2.75, 3.05) is 0 Å². The first-order chi connectivity index (χ1) is 8.96. The fourth-order valence-corrected chi connectivity index (χ4v) is 2.90. The summed E-state index contributed by atoms with van der Waals surface area (Å²) in [7, 11) is 0. The standard InChI is InChI=1S/C13H19BN2O3/c1-14(19)5-2-3-10-7-9-4-6-16-8-11(9)13(10,15)12(17)18/h4,6,8,10,19H,2-3,5,7,15H2,1H3,(H,17,18). The molecule has 1 aromatic heterocycles. The Balaban J connectivity index is 2.20. The maximum atomic E-state index is 11.6. The molecule has 2 rings (SSSR count). The number of hydrogen-bond donors (Lipinski definition) is 3. The molecule has 1 aliphatic rings. The Morgan fingerprint density at radius 2 is 2.42 bits per heavy atom. The average molecular weight is 262 g/mol. The number of rotatable bonds is 5. The Morgan fingerprint density at radius 1 is 1.68 bits per heavy atom. The van der Waals surface area contributed by atoms with Crippen molar-refractivity contribution in [1.82, 2.24) is 4.98 Å². The highest BCUT2D eigenvalue weighted by Crippen LogP contribution is 2.41. The molecular formula is C13H19BN2O3. The lowest BCUT2D eigenvalue weighted by molar-refractivity contribution is -0.145. The highest BCUT2D eigenvalue weighted by Gasteiger charge is 2.49. The molecule has 0 radical (unpaired) electrons. The van der Waals surface area contributed by atoms with Gasteiger partial charge in [0.25, 0.3) is 6.92 Å². The van der Waals surface area contributed by atoms with Crippen molar-refractivity contribution in [3.05, 3.63) is 29.6 Å². The second-order valence-electron chi connectivity index (χ2n) is 5.39. The van der Waals surface area contributed by atoms with Gasteiger partial charge in [0.2, 0.25) is 0 Å². The Hall–Kier alpha value is -1.40. The lowest BCUT2D eigenvalue weighted by Gasteiger charge is -2.27. The van der Waals surface area contributed by atoms with Crippen LogP contribution in [0.3, 0.4) is 0 Å². The van der Waals surface area contributed by atoms with Crippen molar-refractivity contribution in [2.24, 2.45) is 11.7 Å². The summed E-state index contributed by atoms with van der Waals surface area (Å²) >= 11 is 0. The number of carboxylic acid groups (broad SMARTS) is 1. The van der Waals surface area contributed by atoms with Crippen LogP contribution in [0.1, 0.15) is 24.0 Å². The van der Waals surface area contributed by atoms with Crippen LogP contribution >= 0.6 is 0 Å². The van der Waals surface area contributed by atoms with Crippen molar-refractivity contribution in [1.29, 1.82) is 0 Å². The van der Waals surface area contributed by atoms with E-state index >= 15 is 0 Å². The van der Waals surface area contributed by atoms with Gasteiger partial charge in [-0.3, -0.25) is 4.98 Å². The van der Waals surface area contributed by atoms with E-state index in [0.29, 0.717) is 24.7 Å². The molecule has 4 N–H and O–H groups in total. The average Bonchev–Trinajstić information content (AvgIpc) is 2.64. The van der Waals surface area contributed by atoms with E-state index < -0.39 is 11.5 Å². The molecule has 2 atom stereocenters. The minimum atomic E-state index is -1.34. The van der Waals surface area contributed by atoms with Crippen molar-refractivity contribution < 1.29 is 14.9 Å². The number of nitrogens with two attached hydrogens (primary N) is 1. The Bertz CT molecular complexity index is 481. The van der Waals surface area contributed by atoms with Crippen LogP contribution in [-0.4, -0.2) is 28.0 Å². The van der Waals surface area contributed by atoms with Crippen molar-refractivity contribution >= 4 is 12.9 Å². The summed E-state index contributed by atoms with van der Waals surface area (Å²) < 4.78 is 0. The van der Waals surface area contributed by atoms with E-state index in [4.69, 9.17) is 5.73 Å². The summed E-state index contributed by atoms with van der Waals surface area (Å²) in [4.78, 5) is 15.6. The lowest BCUT2D eigenvalue weighted by atomic mass is 9.66. The molecule has 0 fully saturated rings. The number of carboxylic acids is 1. The second-order valence-corrected chi connectivity index (χ2v) is 5.39. The monoisotopic (exact) mass is 262 g/mol. The van der Waals surface area contributed by atoms with Gasteiger partial charge in [-0.15, -0.1) is 0 Å². The first-order valence-corrected chi connectivity index (χ1v) is 6.60. The molecule has 1 heterocycles. The van der Waals surface area contributed by atoms with E-state index in [2.05, 4.69) is 4.98 Å². The fourth-order valence-electron chi connectivity index (χ4n) is 2.90. The highest BCUT2D eigenvalue weighted by molar-refractivity contribution is 6.48. The molecule has 19 heavy (non-hydrogen) atoms. The molecule has 1 aliphatic carbocycles. The van der Waals surface area contributed by atoms with Crippen LogP contribution in [0.4, 0.5) is 0 Å². The van der Waals surface area contributed by atoms with E-state index in [1.54, 1.807) is 19.2 Å². The van der Waals surface area contributed by atoms with Gasteiger partial charge in [-0.2, -0.15) is 0 Å². The maximum Gasteiger partial charge on any atom is 0.328 e. The molecule has 0 amide bonds. The molecule has 102 valence electrons. The van der Waals surface area contributed by atoms with E-state index in [1.165, 1.54) is 0 Å².